The molecule has 3 aliphatic carbocycles. The molecular formula is C40H38O4. The summed E-state index contributed by atoms with van der Waals surface area (Å²) in [7, 11) is 0. The van der Waals surface area contributed by atoms with Crippen LogP contribution in [0.25, 0.3) is 23.2 Å². The Morgan fingerprint density at radius 3 is 2.02 bits per heavy atom. The van der Waals surface area contributed by atoms with Gasteiger partial charge in [0, 0.05) is 28.7 Å². The van der Waals surface area contributed by atoms with E-state index in [0.717, 1.165) is 71.0 Å². The molecule has 0 saturated heterocycles. The van der Waals surface area contributed by atoms with Crippen LogP contribution in [0.1, 0.15) is 87.0 Å². The fourth-order valence-corrected chi connectivity index (χ4v) is 6.95. The lowest BCUT2D eigenvalue weighted by Gasteiger charge is -2.30. The molecule has 1 aromatic heterocycles. The van der Waals surface area contributed by atoms with E-state index < -0.39 is 0 Å². The summed E-state index contributed by atoms with van der Waals surface area (Å²) in [5, 5.41) is 13.5. The quantitative estimate of drug-likeness (QED) is 0.215. The highest BCUT2D eigenvalue weighted by Crippen LogP contribution is 2.40. The molecule has 0 N–H and O–H groups in total. The normalized spacial score (nSPS) is 21.6. The molecule has 2 aromatic carbocycles. The van der Waals surface area contributed by atoms with Crippen LogP contribution in [0, 0.1) is 5.92 Å². The van der Waals surface area contributed by atoms with Gasteiger partial charge in [0.1, 0.15) is 11.5 Å². The smallest absolute Gasteiger partial charge is 0.360 e. The minimum absolute atomic E-state index is 0.211. The van der Waals surface area contributed by atoms with Gasteiger partial charge < -0.3 is 9.84 Å². The zero-order valence-electron chi connectivity index (χ0n) is 25.1. The fraction of sp³-hybridized carbons (Fsp3) is 0.300. The first-order valence-electron chi connectivity index (χ1n) is 16.2. The summed E-state index contributed by atoms with van der Waals surface area (Å²) in [6, 6.07) is 24.0. The molecule has 4 nitrogen and oxygen atoms in total. The minimum Gasteiger partial charge on any atom is -0.871 e. The van der Waals surface area contributed by atoms with E-state index in [2.05, 4.69) is 0 Å². The van der Waals surface area contributed by atoms with E-state index in [-0.39, 0.29) is 22.7 Å². The van der Waals surface area contributed by atoms with Crippen LogP contribution < -0.4 is 5.11 Å². The van der Waals surface area contributed by atoms with Crippen molar-refractivity contribution < 1.29 is 19.1 Å². The molecule has 222 valence electrons. The van der Waals surface area contributed by atoms with Crippen molar-refractivity contribution in [3.05, 3.63) is 136 Å². The Balaban J connectivity index is 1.23. The molecule has 3 aromatic rings. The maximum Gasteiger partial charge on any atom is 0.360 e. The van der Waals surface area contributed by atoms with Crippen molar-refractivity contribution in [1.29, 1.82) is 0 Å². The molecular weight excluding hydrogens is 544 g/mol. The molecule has 0 bridgehead atoms. The van der Waals surface area contributed by atoms with Gasteiger partial charge in [0.2, 0.25) is 0 Å². The molecule has 0 unspecified atom stereocenters. The molecule has 44 heavy (non-hydrogen) atoms. The van der Waals surface area contributed by atoms with Crippen molar-refractivity contribution in [3.8, 4) is 11.3 Å². The van der Waals surface area contributed by atoms with Gasteiger partial charge in [-0.2, -0.15) is 0 Å². The Kier molecular flexibility index (Phi) is 8.15. The molecule has 1 aliphatic heterocycles. The van der Waals surface area contributed by atoms with Crippen LogP contribution in [0.15, 0.2) is 124 Å². The molecule has 2 heterocycles. The van der Waals surface area contributed by atoms with Crippen LogP contribution >= 0.6 is 0 Å². The number of rotatable bonds is 6. The average Bonchev–Trinajstić information content (AvgIpc) is 3.10. The summed E-state index contributed by atoms with van der Waals surface area (Å²) in [4.78, 5) is 13.5. The molecule has 2 fully saturated rings. The highest BCUT2D eigenvalue weighted by Gasteiger charge is 2.30. The number of Topliss-reactive ketones (excluding diaryl/α,β-unsaturated/α-hetero) is 1. The molecule has 0 atom stereocenters. The summed E-state index contributed by atoms with van der Waals surface area (Å²) in [5.41, 5.74) is 4.08. The molecule has 2 saturated carbocycles. The summed E-state index contributed by atoms with van der Waals surface area (Å²) in [6.45, 7) is 0. The molecule has 0 radical (unpaired) electrons. The molecule has 0 spiro atoms. The predicted octanol–water partition coefficient (Wildman–Crippen LogP) is 9.32. The Morgan fingerprint density at radius 1 is 0.727 bits per heavy atom. The van der Waals surface area contributed by atoms with Gasteiger partial charge in [0.25, 0.3) is 0 Å². The van der Waals surface area contributed by atoms with Crippen LogP contribution in [0.2, 0.25) is 0 Å². The molecule has 4 heteroatoms. The maximum absolute atomic E-state index is 13.5. The van der Waals surface area contributed by atoms with Gasteiger partial charge in [-0.3, -0.25) is 4.79 Å². The fourth-order valence-electron chi connectivity index (χ4n) is 6.95. The van der Waals surface area contributed by atoms with Crippen molar-refractivity contribution in [3.63, 3.8) is 0 Å². The van der Waals surface area contributed by atoms with Crippen molar-refractivity contribution in [2.45, 2.75) is 70.1 Å². The summed E-state index contributed by atoms with van der Waals surface area (Å²) in [5.74, 6) is 3.67. The largest absolute Gasteiger partial charge is 0.871 e. The van der Waals surface area contributed by atoms with E-state index in [0.29, 0.717) is 11.8 Å². The van der Waals surface area contributed by atoms with E-state index in [1.807, 2.05) is 84.9 Å². The summed E-state index contributed by atoms with van der Waals surface area (Å²) in [6.07, 6.45) is 19.1. The standard InChI is InChI=1S/C40H38O4/c41-39-33(21-27-23-35(29-13-5-1-6-14-29)43-36(24-27)30-15-7-2-8-16-30)40(42)34(39)22-28-25-37(31-17-9-3-10-18-31)44-38(26-28)32-19-11-4-12-20-32/h1,3,5-6,9-10,13-14,17-18,21-26,30,32H,2,4,7-8,11-12,15-16,19-20H2. The average molecular weight is 583 g/mol. The van der Waals surface area contributed by atoms with Gasteiger partial charge in [0.15, 0.2) is 5.78 Å². The summed E-state index contributed by atoms with van der Waals surface area (Å²) < 4.78 is 12.8. The second kappa shape index (κ2) is 12.7. The van der Waals surface area contributed by atoms with Crippen LogP contribution in [0.3, 0.4) is 0 Å². The van der Waals surface area contributed by atoms with Gasteiger partial charge in [-0.25, -0.2) is 4.42 Å². The van der Waals surface area contributed by atoms with Crippen molar-refractivity contribution in [2.75, 3.05) is 0 Å². The number of ether oxygens (including phenoxy) is 1. The molecule has 4 aliphatic rings. The van der Waals surface area contributed by atoms with Crippen molar-refractivity contribution in [1.82, 2.24) is 0 Å². The van der Waals surface area contributed by atoms with Gasteiger partial charge in [-0.15, -0.1) is 0 Å². The number of allylic oxidation sites excluding steroid dienone is 7. The highest BCUT2D eigenvalue weighted by molar-refractivity contribution is 6.23. The lowest BCUT2D eigenvalue weighted by molar-refractivity contribution is -0.300. The third kappa shape index (κ3) is 5.99. The number of ketones is 1. The van der Waals surface area contributed by atoms with Crippen LogP contribution in [0.5, 0.6) is 0 Å². The Bertz CT molecular complexity index is 1690. The van der Waals surface area contributed by atoms with Gasteiger partial charge >= 0.3 is 11.5 Å². The van der Waals surface area contributed by atoms with Crippen molar-refractivity contribution >= 4 is 17.6 Å². The topological polar surface area (TPSA) is 60.7 Å². The van der Waals surface area contributed by atoms with Crippen LogP contribution in [0.4, 0.5) is 0 Å². The summed E-state index contributed by atoms with van der Waals surface area (Å²) >= 11 is 0. The second-order valence-corrected chi connectivity index (χ2v) is 12.5. The second-order valence-electron chi connectivity index (χ2n) is 12.5. The third-order valence-corrected chi connectivity index (χ3v) is 9.40. The predicted molar refractivity (Wildman–Crippen MR) is 173 cm³/mol. The van der Waals surface area contributed by atoms with Crippen LogP contribution in [-0.4, -0.2) is 5.78 Å². The third-order valence-electron chi connectivity index (χ3n) is 9.40. The lowest BCUT2D eigenvalue weighted by atomic mass is 9.83. The first kappa shape index (κ1) is 28.3. The van der Waals surface area contributed by atoms with Gasteiger partial charge in [-0.05, 0) is 73.3 Å². The zero-order chi connectivity index (χ0) is 29.9. The minimum atomic E-state index is -0.211. The van der Waals surface area contributed by atoms with Gasteiger partial charge in [-0.1, -0.05) is 92.8 Å². The zero-order valence-corrected chi connectivity index (χ0v) is 25.1. The first-order chi connectivity index (χ1) is 21.6. The Labute approximate surface area is 259 Å². The highest BCUT2D eigenvalue weighted by atomic mass is 16.5. The van der Waals surface area contributed by atoms with Crippen molar-refractivity contribution in [2.24, 2.45) is 5.92 Å². The van der Waals surface area contributed by atoms with Gasteiger partial charge in [0.05, 0.1) is 17.5 Å². The first-order valence-corrected chi connectivity index (χ1v) is 16.2. The van der Waals surface area contributed by atoms with E-state index in [4.69, 9.17) is 9.15 Å². The Morgan fingerprint density at radius 2 is 1.36 bits per heavy atom. The number of hydrogen-bond acceptors (Lipinski definition) is 3. The SMILES string of the molecule is O=C1C(=Cc2cc(-c3ccccc3)[o+]c(C3CCCCC3)c2)C([O-])=C1C=C1C=C(c2ccccc2)OC(C2CCCCC2)=C1. The number of benzene rings is 2. The van der Waals surface area contributed by atoms with E-state index >= 15 is 0 Å². The molecule has 7 rings (SSSR count). The number of carbonyl (C=O) groups is 1. The van der Waals surface area contributed by atoms with E-state index in [1.54, 1.807) is 12.2 Å². The van der Waals surface area contributed by atoms with Crippen LogP contribution in [-0.2, 0) is 9.53 Å². The maximum atomic E-state index is 13.5. The number of carbonyl (C=O) groups excluding carboxylic acids is 1. The monoisotopic (exact) mass is 582 g/mol. The molecule has 0 amide bonds. The Hall–Kier alpha value is -4.44. The lowest BCUT2D eigenvalue weighted by Crippen LogP contribution is -2.29. The van der Waals surface area contributed by atoms with E-state index in [9.17, 15) is 9.90 Å². The van der Waals surface area contributed by atoms with E-state index in [1.165, 1.54) is 38.5 Å². The number of hydrogen-bond donors (Lipinski definition) is 0.